The van der Waals surface area contributed by atoms with Gasteiger partial charge in [-0.2, -0.15) is 8.78 Å². The second kappa shape index (κ2) is 9.63. The molecule has 1 fully saturated rings. The number of ether oxygens (including phenoxy) is 1. The van der Waals surface area contributed by atoms with E-state index in [0.717, 1.165) is 6.92 Å². The van der Waals surface area contributed by atoms with Crippen LogP contribution in [0.25, 0.3) is 0 Å². The van der Waals surface area contributed by atoms with Gasteiger partial charge in [-0.05, 0) is 20.8 Å². The molecule has 9 nitrogen and oxygen atoms in total. The van der Waals surface area contributed by atoms with E-state index in [0.29, 0.717) is 30.1 Å². The Morgan fingerprint density at radius 3 is 2.64 bits per heavy atom. The van der Waals surface area contributed by atoms with Crippen LogP contribution in [0.3, 0.4) is 0 Å². The zero-order valence-corrected chi connectivity index (χ0v) is 19.3. The molecule has 0 aliphatic carbocycles. The highest BCUT2D eigenvalue weighted by Crippen LogP contribution is 2.32. The maximum Gasteiger partial charge on any atom is 0.303 e. The number of likely N-dealkylation sites (tertiary alicyclic amines) is 1. The van der Waals surface area contributed by atoms with Crippen molar-refractivity contribution in [2.75, 3.05) is 23.8 Å². The van der Waals surface area contributed by atoms with Crippen molar-refractivity contribution in [2.45, 2.75) is 53.0 Å². The van der Waals surface area contributed by atoms with Crippen molar-refractivity contribution in [3.63, 3.8) is 0 Å². The summed E-state index contributed by atoms with van der Waals surface area (Å²) >= 11 is 0. The number of aromatic nitrogens is 3. The molecule has 3 heterocycles. The van der Waals surface area contributed by atoms with Gasteiger partial charge in [0.1, 0.15) is 11.6 Å². The Hall–Kier alpha value is -3.37. The molecule has 2 aromatic heterocycles. The quantitative estimate of drug-likeness (QED) is 0.617. The Morgan fingerprint density at radius 1 is 1.30 bits per heavy atom. The Bertz CT molecular complexity index is 1040. The molecule has 0 saturated carbocycles. The number of aryl methyl sites for hydroxylation is 1. The number of hydrogen-bond donors (Lipinski definition) is 2. The van der Waals surface area contributed by atoms with Gasteiger partial charge < -0.3 is 20.3 Å². The fourth-order valence-electron chi connectivity index (χ4n) is 3.50. The molecule has 1 unspecified atom stereocenters. The number of nitrogens with zero attached hydrogens (tertiary/aromatic N) is 4. The van der Waals surface area contributed by atoms with Crippen LogP contribution in [0.2, 0.25) is 0 Å². The lowest BCUT2D eigenvalue weighted by atomic mass is 10.1. The molecule has 0 spiro atoms. The minimum Gasteiger partial charge on any atom is -0.489 e. The first-order valence-corrected chi connectivity index (χ1v) is 10.6. The van der Waals surface area contributed by atoms with E-state index in [1.54, 1.807) is 11.8 Å². The molecule has 0 radical (unpaired) electrons. The minimum atomic E-state index is -3.21. The lowest BCUT2D eigenvalue weighted by Gasteiger charge is -2.21. The van der Waals surface area contributed by atoms with Gasteiger partial charge in [0.05, 0.1) is 18.5 Å². The summed E-state index contributed by atoms with van der Waals surface area (Å²) in [5, 5.41) is 5.55. The number of hydrogen-bond acceptors (Lipinski definition) is 7. The number of carbonyl (C=O) groups excluding carboxylic acids is 2. The number of amides is 2. The third-order valence-corrected chi connectivity index (χ3v) is 5.02. The van der Waals surface area contributed by atoms with Crippen LogP contribution in [0.15, 0.2) is 18.3 Å². The second-order valence-electron chi connectivity index (χ2n) is 8.50. The summed E-state index contributed by atoms with van der Waals surface area (Å²) in [4.78, 5) is 37.3. The zero-order chi connectivity index (χ0) is 24.3. The molecule has 0 aromatic carbocycles. The number of rotatable bonds is 8. The van der Waals surface area contributed by atoms with Gasteiger partial charge in [-0.1, -0.05) is 0 Å². The van der Waals surface area contributed by atoms with E-state index >= 15 is 0 Å². The summed E-state index contributed by atoms with van der Waals surface area (Å²) in [6.45, 7) is 8.46. The molecule has 11 heteroatoms. The van der Waals surface area contributed by atoms with E-state index < -0.39 is 11.7 Å². The van der Waals surface area contributed by atoms with Gasteiger partial charge in [-0.25, -0.2) is 15.0 Å². The number of anilines is 3. The van der Waals surface area contributed by atoms with Crippen LogP contribution in [0.5, 0.6) is 5.75 Å². The highest BCUT2D eigenvalue weighted by atomic mass is 19.3. The van der Waals surface area contributed by atoms with Crippen LogP contribution < -0.4 is 15.4 Å². The molecular weight excluding hydrogens is 434 g/mol. The summed E-state index contributed by atoms with van der Waals surface area (Å²) in [5.74, 6) is -3.31. The summed E-state index contributed by atoms with van der Waals surface area (Å²) in [6, 6.07) is 3.16. The predicted molar refractivity (Wildman–Crippen MR) is 119 cm³/mol. The molecule has 1 aliphatic heterocycles. The van der Waals surface area contributed by atoms with Gasteiger partial charge in [-0.3, -0.25) is 9.59 Å². The van der Waals surface area contributed by atoms with Gasteiger partial charge in [-0.15, -0.1) is 0 Å². The largest absolute Gasteiger partial charge is 0.489 e. The van der Waals surface area contributed by atoms with Gasteiger partial charge in [0, 0.05) is 56.6 Å². The van der Waals surface area contributed by atoms with Gasteiger partial charge in [0.25, 0.3) is 0 Å². The fraction of sp³-hybridized carbons (Fsp3) is 0.500. The lowest BCUT2D eigenvalue weighted by molar-refractivity contribution is -0.129. The van der Waals surface area contributed by atoms with Crippen LogP contribution in [-0.2, 0) is 15.5 Å². The molecule has 0 bridgehead atoms. The van der Waals surface area contributed by atoms with E-state index in [-0.39, 0.29) is 42.0 Å². The van der Waals surface area contributed by atoms with Crippen molar-refractivity contribution in [3.8, 4) is 5.75 Å². The Morgan fingerprint density at radius 2 is 2.03 bits per heavy atom. The van der Waals surface area contributed by atoms with Gasteiger partial charge in [0.2, 0.25) is 17.6 Å². The first-order valence-electron chi connectivity index (χ1n) is 10.6. The number of carbonyl (C=O) groups is 2. The zero-order valence-electron chi connectivity index (χ0n) is 19.3. The van der Waals surface area contributed by atoms with Crippen LogP contribution in [0.1, 0.15) is 45.6 Å². The van der Waals surface area contributed by atoms with Crippen molar-refractivity contribution in [1.29, 1.82) is 0 Å². The van der Waals surface area contributed by atoms with Crippen molar-refractivity contribution in [2.24, 2.45) is 5.92 Å². The first-order chi connectivity index (χ1) is 15.4. The van der Waals surface area contributed by atoms with E-state index in [1.165, 1.54) is 25.3 Å². The van der Waals surface area contributed by atoms with Crippen LogP contribution in [-0.4, -0.2) is 50.9 Å². The normalized spacial score (nSPS) is 16.3. The third kappa shape index (κ3) is 6.33. The van der Waals surface area contributed by atoms with Crippen LogP contribution in [0, 0.1) is 12.8 Å². The number of alkyl halides is 2. The van der Waals surface area contributed by atoms with E-state index in [4.69, 9.17) is 4.74 Å². The molecule has 1 atom stereocenters. The Balaban J connectivity index is 1.84. The molecule has 178 valence electrons. The third-order valence-electron chi connectivity index (χ3n) is 5.02. The van der Waals surface area contributed by atoms with E-state index in [9.17, 15) is 18.4 Å². The predicted octanol–water partition coefficient (Wildman–Crippen LogP) is 3.63. The van der Waals surface area contributed by atoms with Crippen molar-refractivity contribution < 1.29 is 23.1 Å². The fourth-order valence-corrected chi connectivity index (χ4v) is 3.50. The van der Waals surface area contributed by atoms with Crippen molar-refractivity contribution in [1.82, 2.24) is 19.9 Å². The van der Waals surface area contributed by atoms with Crippen molar-refractivity contribution in [3.05, 3.63) is 29.8 Å². The average Bonchev–Trinajstić information content (AvgIpc) is 3.07. The van der Waals surface area contributed by atoms with E-state index in [1.807, 2.05) is 13.8 Å². The molecule has 33 heavy (non-hydrogen) atoms. The SMILES string of the molecule is CC(=O)Nc1cc(Nc2cc(C)nc(C(C)(F)F)n2)c(OCC2CC(=O)N(C(C)C)C2)cn1. The first kappa shape index (κ1) is 24.3. The highest BCUT2D eigenvalue weighted by molar-refractivity contribution is 5.88. The maximum atomic E-state index is 13.8. The molecule has 2 N–H and O–H groups in total. The van der Waals surface area contributed by atoms with E-state index in [2.05, 4.69) is 25.6 Å². The van der Waals surface area contributed by atoms with Gasteiger partial charge >= 0.3 is 5.92 Å². The number of halogens is 2. The number of nitrogens with one attached hydrogen (secondary N) is 2. The summed E-state index contributed by atoms with van der Waals surface area (Å²) in [5.41, 5.74) is 0.739. The average molecular weight is 463 g/mol. The molecule has 2 amide bonds. The summed E-state index contributed by atoms with van der Waals surface area (Å²) in [6.07, 6.45) is 1.81. The monoisotopic (exact) mass is 462 g/mol. The standard InChI is InChI=1S/C22H28F2N6O3/c1-12(2)30-10-15(7-20(30)32)11-33-17-9-25-18(27-14(4)31)8-16(17)28-19-6-13(3)26-21(29-19)22(5,23)24/h6,8-9,12,15H,7,10-11H2,1-5H3,(H2,25,26,27,28,29,31). The molecule has 1 aliphatic rings. The lowest BCUT2D eigenvalue weighted by Crippen LogP contribution is -2.32. The molecule has 1 saturated heterocycles. The second-order valence-corrected chi connectivity index (χ2v) is 8.50. The smallest absolute Gasteiger partial charge is 0.303 e. The van der Waals surface area contributed by atoms with Gasteiger partial charge in [0.15, 0.2) is 5.75 Å². The summed E-state index contributed by atoms with van der Waals surface area (Å²) < 4.78 is 33.5. The van der Waals surface area contributed by atoms with Crippen LogP contribution in [0.4, 0.5) is 26.1 Å². The maximum absolute atomic E-state index is 13.8. The molecular formula is C22H28F2N6O3. The topological polar surface area (TPSA) is 109 Å². The number of pyridine rings is 1. The Kier molecular flexibility index (Phi) is 7.09. The minimum absolute atomic E-state index is 0.00875. The molecule has 2 aromatic rings. The summed E-state index contributed by atoms with van der Waals surface area (Å²) in [7, 11) is 0. The highest BCUT2D eigenvalue weighted by Gasteiger charge is 2.32. The molecule has 3 rings (SSSR count). The van der Waals surface area contributed by atoms with Crippen molar-refractivity contribution >= 4 is 29.1 Å². The van der Waals surface area contributed by atoms with Crippen LogP contribution >= 0.6 is 0 Å². The Labute approximate surface area is 191 Å².